The maximum atomic E-state index is 14.2. The minimum atomic E-state index is -4.10. The fraction of sp³-hybridized carbons (Fsp3) is 0.426. The van der Waals surface area contributed by atoms with Crippen molar-refractivity contribution in [2.75, 3.05) is 34.4 Å². The Morgan fingerprint density at radius 2 is 1.16 bits per heavy atom. The third kappa shape index (κ3) is 15.6. The van der Waals surface area contributed by atoms with Crippen molar-refractivity contribution in [3.63, 3.8) is 0 Å². The number of nitrogens with one attached hydrogen (secondary N) is 4. The number of sulfonamides is 3. The normalized spacial score (nSPS) is 16.9. The van der Waals surface area contributed by atoms with Gasteiger partial charge in [-0.25, -0.2) is 25.3 Å². The van der Waals surface area contributed by atoms with Crippen LogP contribution in [0.5, 0.6) is 0 Å². The minimum Gasteiger partial charge on any atom is -0.381 e. The summed E-state index contributed by atoms with van der Waals surface area (Å²) < 4.78 is 102. The Morgan fingerprint density at radius 3 is 1.72 bits per heavy atom. The second-order valence-electron chi connectivity index (χ2n) is 27.1. The minimum absolute atomic E-state index is 0.0582. The molecule has 7 aromatic rings. The summed E-state index contributed by atoms with van der Waals surface area (Å²) in [6, 6.07) is 28.9. The molecule has 10 rings (SSSR count). The number of allylic oxidation sites excluding steroid dienone is 4. The molecule has 0 amide bonds. The lowest BCUT2D eigenvalue weighted by Crippen LogP contribution is -2.45. The smallest absolute Gasteiger partial charge is 0.261 e. The zero-order valence-electron chi connectivity index (χ0n) is 54.6. The van der Waals surface area contributed by atoms with Gasteiger partial charge < -0.3 is 18.8 Å². The molecule has 1 saturated carbocycles. The van der Waals surface area contributed by atoms with Gasteiger partial charge in [0.05, 0.1) is 31.8 Å². The summed E-state index contributed by atoms with van der Waals surface area (Å²) >= 11 is 19.6. The van der Waals surface area contributed by atoms with Gasteiger partial charge in [0.25, 0.3) is 30.1 Å². The standard InChI is InChI=1S/C68H83Cl3N12O7S3/c1-42(31-35-68(9,10)47-17-26-53(27-18-47)93(88,89)79-58-29-20-49(70)40-55(58)64-76-74-62(82(64)12)45-33-37-90-38-34-45)61-73-75-63(81(61)11)54-39-48(69)19-28-57(54)78-91(84,85)44(3)14-13-43(2)67(7,8)36-32-60-72-77-65(83(60)51-22-23-51)56-41-50(71)21-30-59(56)80-92(86,87)52-24-15-46(16-25-52)66(4,5)6/h13-21,24-30,39-42,45,51,62,74,78-80H,22-23,31-38H2,1-12H3/b43-13+,44-14+. The van der Waals surface area contributed by atoms with E-state index in [1.807, 2.05) is 60.8 Å². The van der Waals surface area contributed by atoms with E-state index in [9.17, 15) is 25.3 Å². The number of halogens is 3. The summed E-state index contributed by atoms with van der Waals surface area (Å²) in [7, 11) is -8.32. The van der Waals surface area contributed by atoms with Crippen LogP contribution in [0.4, 0.5) is 17.1 Å². The molecule has 0 radical (unpaired) electrons. The van der Waals surface area contributed by atoms with E-state index in [1.165, 1.54) is 0 Å². The van der Waals surface area contributed by atoms with E-state index < -0.39 is 35.5 Å². The van der Waals surface area contributed by atoms with E-state index in [2.05, 4.69) is 105 Å². The number of amidine groups is 1. The van der Waals surface area contributed by atoms with Crippen LogP contribution in [0.3, 0.4) is 0 Å². The highest BCUT2D eigenvalue weighted by Gasteiger charge is 2.36. The maximum absolute atomic E-state index is 14.2. The van der Waals surface area contributed by atoms with E-state index in [4.69, 9.17) is 39.5 Å². The summed E-state index contributed by atoms with van der Waals surface area (Å²) in [6.07, 6.45) is 9.59. The number of rotatable bonds is 24. The number of aryl methyl sites for hydroxylation is 1. The van der Waals surface area contributed by atoms with Gasteiger partial charge in [-0.15, -0.1) is 20.4 Å². The largest absolute Gasteiger partial charge is 0.381 e. The predicted octanol–water partition coefficient (Wildman–Crippen LogP) is 15.0. The molecule has 2 aromatic heterocycles. The molecule has 3 aliphatic rings. The molecule has 19 nitrogen and oxygen atoms in total. The molecule has 2 fully saturated rings. The molecule has 5 aromatic carbocycles. The SMILES string of the molecule is C/C(=C\C=C(/C)S(=O)(=O)Nc1ccc(Cl)cc1-c1nnc(C(C)CCC(C)(C)c2ccc(S(=O)(=O)Nc3ccc(Cl)cc3C3=NNC(C4CCOCC4)N3C)cc2)n1C)C(C)(C)CCc1nnc(-c2cc(Cl)ccc2NS(=O)(=O)c2ccc(C(C)(C)C)cc2)n1C1CC1. The molecule has 1 saturated heterocycles. The van der Waals surface area contributed by atoms with Crippen molar-refractivity contribution < 1.29 is 30.0 Å². The summed E-state index contributed by atoms with van der Waals surface area (Å²) in [6.45, 7) is 21.6. The first kappa shape index (κ1) is 69.1. The number of aromatic nitrogens is 6. The molecule has 1 aliphatic carbocycles. The van der Waals surface area contributed by atoms with Gasteiger partial charge in [-0.05, 0) is 171 Å². The molecule has 0 spiro atoms. The Labute approximate surface area is 563 Å². The fourth-order valence-electron chi connectivity index (χ4n) is 11.8. The molecule has 25 heteroatoms. The molecule has 2 unspecified atom stereocenters. The third-order valence-corrected chi connectivity index (χ3v) is 23.3. The van der Waals surface area contributed by atoms with E-state index in [0.29, 0.717) is 111 Å². The highest BCUT2D eigenvalue weighted by molar-refractivity contribution is 7.96. The number of anilines is 3. The molecule has 2 atom stereocenters. The van der Waals surface area contributed by atoms with Crippen LogP contribution in [-0.4, -0.2) is 91.9 Å². The van der Waals surface area contributed by atoms with Crippen LogP contribution in [0.2, 0.25) is 15.1 Å². The Balaban J connectivity index is 0.771. The first-order chi connectivity index (χ1) is 43.7. The quantitative estimate of drug-likeness (QED) is 0.0413. The van der Waals surface area contributed by atoms with Crippen LogP contribution < -0.4 is 19.6 Å². The lowest BCUT2D eigenvalue weighted by Gasteiger charge is -2.32. The van der Waals surface area contributed by atoms with Crippen molar-refractivity contribution in [1.82, 2.24) is 39.9 Å². The van der Waals surface area contributed by atoms with Crippen LogP contribution in [-0.2, 0) is 59.1 Å². The molecule has 496 valence electrons. The van der Waals surface area contributed by atoms with Crippen molar-refractivity contribution in [1.29, 1.82) is 0 Å². The van der Waals surface area contributed by atoms with Gasteiger partial charge in [0.15, 0.2) is 17.5 Å². The molecule has 4 N–H and O–H groups in total. The number of ether oxygens (including phenoxy) is 1. The second kappa shape index (κ2) is 27.1. The Hall–Kier alpha value is -6.79. The number of hydrogen-bond donors (Lipinski definition) is 4. The molecular weight excluding hydrogens is 1300 g/mol. The van der Waals surface area contributed by atoms with Crippen molar-refractivity contribution in [3.8, 4) is 22.8 Å². The van der Waals surface area contributed by atoms with Crippen molar-refractivity contribution in [3.05, 3.63) is 169 Å². The summed E-state index contributed by atoms with van der Waals surface area (Å²) in [5.74, 6) is 3.20. The average Bonchev–Trinajstić information content (AvgIpc) is 1.69. The number of benzene rings is 5. The van der Waals surface area contributed by atoms with E-state index in [1.54, 1.807) is 91.9 Å². The third-order valence-electron chi connectivity index (χ3n) is 18.4. The van der Waals surface area contributed by atoms with Crippen molar-refractivity contribution >= 4 is 87.8 Å². The highest BCUT2D eigenvalue weighted by atomic mass is 35.5. The van der Waals surface area contributed by atoms with Crippen LogP contribution in [0.25, 0.3) is 22.8 Å². The number of hydrazone groups is 1. The number of nitrogens with zero attached hydrogens (tertiary/aromatic N) is 8. The van der Waals surface area contributed by atoms with Gasteiger partial charge in [0.1, 0.15) is 17.8 Å². The van der Waals surface area contributed by atoms with Gasteiger partial charge >= 0.3 is 0 Å². The topological polar surface area (TPSA) is 237 Å². The van der Waals surface area contributed by atoms with Crippen LogP contribution >= 0.6 is 34.8 Å². The van der Waals surface area contributed by atoms with Crippen molar-refractivity contribution in [2.45, 2.75) is 159 Å². The highest BCUT2D eigenvalue weighted by Crippen LogP contribution is 2.44. The van der Waals surface area contributed by atoms with Crippen molar-refractivity contribution in [2.24, 2.45) is 23.5 Å². The second-order valence-corrected chi connectivity index (χ2v) is 33.6. The van der Waals surface area contributed by atoms with Gasteiger partial charge in [-0.3, -0.25) is 19.6 Å². The molecule has 0 bridgehead atoms. The monoisotopic (exact) mass is 1380 g/mol. The summed E-state index contributed by atoms with van der Waals surface area (Å²) in [5, 5.41) is 24.4. The molecule has 93 heavy (non-hydrogen) atoms. The Morgan fingerprint density at radius 1 is 0.645 bits per heavy atom. The number of hydrogen-bond acceptors (Lipinski definition) is 14. The lowest BCUT2D eigenvalue weighted by atomic mass is 9.79. The van der Waals surface area contributed by atoms with E-state index in [-0.39, 0.29) is 49.3 Å². The summed E-state index contributed by atoms with van der Waals surface area (Å²) in [4.78, 5) is 2.36. The first-order valence-corrected chi connectivity index (χ1v) is 36.8. The average molecular weight is 1380 g/mol. The lowest BCUT2D eigenvalue weighted by molar-refractivity contribution is 0.0402. The predicted molar refractivity (Wildman–Crippen MR) is 372 cm³/mol. The Bertz CT molecular complexity index is 4380. The first-order valence-electron chi connectivity index (χ1n) is 31.2. The zero-order chi connectivity index (χ0) is 67.2. The summed E-state index contributed by atoms with van der Waals surface area (Å²) in [5.41, 5.74) is 7.74. The van der Waals surface area contributed by atoms with E-state index >= 15 is 0 Å². The van der Waals surface area contributed by atoms with E-state index in [0.717, 1.165) is 48.2 Å². The zero-order valence-corrected chi connectivity index (χ0v) is 59.4. The van der Waals surface area contributed by atoms with Gasteiger partial charge in [-0.2, -0.15) is 5.10 Å². The maximum Gasteiger partial charge on any atom is 0.261 e. The van der Waals surface area contributed by atoms with Gasteiger partial charge in [-0.1, -0.05) is 126 Å². The molecular formula is C68H83Cl3N12O7S3. The van der Waals surface area contributed by atoms with Gasteiger partial charge in [0, 0.05) is 83.4 Å². The molecule has 2 aliphatic heterocycles. The Kier molecular flexibility index (Phi) is 20.2. The van der Waals surface area contributed by atoms with Crippen LogP contribution in [0.1, 0.15) is 154 Å². The fourth-order valence-corrected chi connectivity index (χ4v) is 15.3. The van der Waals surface area contributed by atoms with Crippen LogP contribution in [0.15, 0.2) is 141 Å². The van der Waals surface area contributed by atoms with Crippen LogP contribution in [0, 0.1) is 11.3 Å². The van der Waals surface area contributed by atoms with Gasteiger partial charge in [0.2, 0.25) is 0 Å². The molecule has 4 heterocycles.